The molecule has 0 aliphatic carbocycles. The third-order valence-corrected chi connectivity index (χ3v) is 5.92. The number of hydrazine groups is 1. The Morgan fingerprint density at radius 1 is 1.32 bits per heavy atom. The highest BCUT2D eigenvalue weighted by Crippen LogP contribution is 2.32. The van der Waals surface area contributed by atoms with Crippen molar-refractivity contribution >= 4 is 48.8 Å². The van der Waals surface area contributed by atoms with Crippen molar-refractivity contribution in [1.29, 1.82) is 0 Å². The summed E-state index contributed by atoms with van der Waals surface area (Å²) in [4.78, 5) is 5.86. The molecule has 0 radical (unpaired) electrons. The van der Waals surface area contributed by atoms with Crippen LogP contribution in [-0.2, 0) is 6.42 Å². The maximum atomic E-state index is 5.69. The monoisotopic (exact) mass is 353 g/mol. The summed E-state index contributed by atoms with van der Waals surface area (Å²) in [6.45, 7) is 0. The maximum absolute atomic E-state index is 5.69. The molecule has 0 saturated heterocycles. The van der Waals surface area contributed by atoms with E-state index in [1.807, 2.05) is 24.3 Å². The fraction of sp³-hybridized carbons (Fsp3) is 0.154. The minimum absolute atomic E-state index is 0.0925. The maximum Gasteiger partial charge on any atom is 0.0958 e. The lowest BCUT2D eigenvalue weighted by Crippen LogP contribution is -2.29. The predicted molar refractivity (Wildman–Crippen MR) is 85.4 cm³/mol. The van der Waals surface area contributed by atoms with Crippen LogP contribution in [0.3, 0.4) is 0 Å². The zero-order chi connectivity index (χ0) is 13.2. The number of thiophene rings is 1. The Bertz CT molecular complexity index is 659. The molecule has 1 atom stereocenters. The molecule has 6 heteroatoms. The normalized spacial score (nSPS) is 12.9. The number of nitrogens with one attached hydrogen (secondary N) is 1. The highest BCUT2D eigenvalue weighted by molar-refractivity contribution is 9.10. The van der Waals surface area contributed by atoms with Gasteiger partial charge in [-0.25, -0.2) is 4.98 Å². The molecule has 0 amide bonds. The molecule has 0 spiro atoms. The Morgan fingerprint density at radius 2 is 2.16 bits per heavy atom. The molecule has 2 aromatic heterocycles. The van der Waals surface area contributed by atoms with Gasteiger partial charge in [-0.05, 0) is 39.5 Å². The number of hydrogen-bond acceptors (Lipinski definition) is 5. The average Bonchev–Trinajstić information content (AvgIpc) is 3.01. The largest absolute Gasteiger partial charge is 0.271 e. The summed E-state index contributed by atoms with van der Waals surface area (Å²) in [5.74, 6) is 5.69. The van der Waals surface area contributed by atoms with Crippen LogP contribution in [0.25, 0.3) is 10.2 Å². The van der Waals surface area contributed by atoms with Crippen LogP contribution in [0.2, 0.25) is 0 Å². The van der Waals surface area contributed by atoms with E-state index in [4.69, 9.17) is 5.84 Å². The first-order valence-electron chi connectivity index (χ1n) is 5.81. The van der Waals surface area contributed by atoms with Gasteiger partial charge >= 0.3 is 0 Å². The van der Waals surface area contributed by atoms with E-state index in [1.165, 1.54) is 9.58 Å². The van der Waals surface area contributed by atoms with Gasteiger partial charge in [0.2, 0.25) is 0 Å². The molecule has 19 heavy (non-hydrogen) atoms. The lowest BCUT2D eigenvalue weighted by molar-refractivity contribution is 0.558. The van der Waals surface area contributed by atoms with Gasteiger partial charge < -0.3 is 0 Å². The number of rotatable bonds is 4. The van der Waals surface area contributed by atoms with Gasteiger partial charge in [0.1, 0.15) is 0 Å². The first-order valence-corrected chi connectivity index (χ1v) is 8.30. The van der Waals surface area contributed by atoms with Gasteiger partial charge in [-0.2, -0.15) is 0 Å². The van der Waals surface area contributed by atoms with Crippen molar-refractivity contribution in [1.82, 2.24) is 10.4 Å². The molecule has 1 aromatic carbocycles. The summed E-state index contributed by atoms with van der Waals surface area (Å²) in [5, 5.41) is 3.16. The number of nitrogens with two attached hydrogens (primary N) is 1. The molecular weight excluding hydrogens is 342 g/mol. The van der Waals surface area contributed by atoms with Gasteiger partial charge in [-0.15, -0.1) is 22.7 Å². The second-order valence-corrected chi connectivity index (χ2v) is 7.05. The summed E-state index contributed by atoms with van der Waals surface area (Å²) in [6, 6.07) is 10.3. The van der Waals surface area contributed by atoms with E-state index in [9.17, 15) is 0 Å². The van der Waals surface area contributed by atoms with Crippen molar-refractivity contribution < 1.29 is 0 Å². The summed E-state index contributed by atoms with van der Waals surface area (Å²) in [5.41, 5.74) is 3.94. The molecule has 0 fully saturated rings. The van der Waals surface area contributed by atoms with E-state index < -0.39 is 0 Å². The van der Waals surface area contributed by atoms with Gasteiger partial charge in [0.25, 0.3) is 0 Å². The molecule has 98 valence electrons. The highest BCUT2D eigenvalue weighted by atomic mass is 79.9. The molecule has 0 bridgehead atoms. The fourth-order valence-electron chi connectivity index (χ4n) is 1.96. The zero-order valence-corrected chi connectivity index (χ0v) is 13.2. The van der Waals surface area contributed by atoms with E-state index in [-0.39, 0.29) is 6.04 Å². The van der Waals surface area contributed by atoms with Crippen LogP contribution in [0.1, 0.15) is 15.9 Å². The standard InChI is InChI=1S/C13H12BrN3S2/c14-8-5-6-18-13(8)10(17-15)7-12-16-9-3-1-2-4-11(9)19-12/h1-6,10,17H,7,15H2. The van der Waals surface area contributed by atoms with E-state index in [2.05, 4.69) is 37.8 Å². The molecular formula is C13H12BrN3S2. The van der Waals surface area contributed by atoms with Crippen LogP contribution in [0.4, 0.5) is 0 Å². The summed E-state index contributed by atoms with van der Waals surface area (Å²) >= 11 is 6.98. The van der Waals surface area contributed by atoms with Crippen molar-refractivity contribution in [2.45, 2.75) is 12.5 Å². The van der Waals surface area contributed by atoms with Crippen molar-refractivity contribution in [2.24, 2.45) is 5.84 Å². The second-order valence-electron chi connectivity index (χ2n) is 4.13. The number of nitrogens with zero attached hydrogens (tertiary/aromatic N) is 1. The highest BCUT2D eigenvalue weighted by Gasteiger charge is 2.17. The lowest BCUT2D eigenvalue weighted by Gasteiger charge is -2.13. The summed E-state index contributed by atoms with van der Waals surface area (Å²) in [6.07, 6.45) is 0.801. The fourth-order valence-corrected chi connectivity index (χ4v) is 4.69. The Kier molecular flexibility index (Phi) is 3.95. The summed E-state index contributed by atoms with van der Waals surface area (Å²) in [7, 11) is 0. The van der Waals surface area contributed by atoms with Crippen LogP contribution < -0.4 is 11.3 Å². The molecule has 1 unspecified atom stereocenters. The topological polar surface area (TPSA) is 50.9 Å². The Hall–Kier alpha value is -0.790. The molecule has 0 aliphatic rings. The predicted octanol–water partition coefficient (Wildman–Crippen LogP) is 3.87. The molecule has 0 aliphatic heterocycles. The number of para-hydroxylation sites is 1. The van der Waals surface area contributed by atoms with Gasteiger partial charge in [-0.3, -0.25) is 11.3 Å². The molecule has 3 nitrogen and oxygen atoms in total. The Morgan fingerprint density at radius 3 is 2.84 bits per heavy atom. The third kappa shape index (κ3) is 2.73. The number of thiazole rings is 1. The number of halogens is 1. The minimum atomic E-state index is 0.0925. The molecule has 3 N–H and O–H groups in total. The number of benzene rings is 1. The quantitative estimate of drug-likeness (QED) is 0.552. The first kappa shape index (κ1) is 13.2. The van der Waals surface area contributed by atoms with Crippen LogP contribution in [0.15, 0.2) is 40.2 Å². The smallest absolute Gasteiger partial charge is 0.0958 e. The Balaban J connectivity index is 1.88. The zero-order valence-electron chi connectivity index (χ0n) is 9.97. The van der Waals surface area contributed by atoms with Crippen LogP contribution >= 0.6 is 38.6 Å². The molecule has 2 heterocycles. The van der Waals surface area contributed by atoms with Crippen molar-refractivity contribution in [3.8, 4) is 0 Å². The number of aromatic nitrogens is 1. The van der Waals surface area contributed by atoms with E-state index in [0.717, 1.165) is 21.4 Å². The second kappa shape index (κ2) is 5.68. The molecule has 3 rings (SSSR count). The van der Waals surface area contributed by atoms with Gasteiger partial charge in [-0.1, -0.05) is 12.1 Å². The minimum Gasteiger partial charge on any atom is -0.271 e. The summed E-state index contributed by atoms with van der Waals surface area (Å²) < 4.78 is 2.32. The van der Waals surface area contributed by atoms with E-state index in [0.29, 0.717) is 0 Å². The average molecular weight is 354 g/mol. The molecule has 0 saturated carbocycles. The SMILES string of the molecule is NNC(Cc1nc2ccccc2s1)c1sccc1Br. The molecule has 3 aromatic rings. The van der Waals surface area contributed by atoms with Crippen molar-refractivity contribution in [2.75, 3.05) is 0 Å². The first-order chi connectivity index (χ1) is 9.28. The lowest BCUT2D eigenvalue weighted by atomic mass is 10.2. The van der Waals surface area contributed by atoms with Crippen LogP contribution in [0, 0.1) is 0 Å². The van der Waals surface area contributed by atoms with Crippen LogP contribution in [0.5, 0.6) is 0 Å². The number of hydrogen-bond donors (Lipinski definition) is 2. The van der Waals surface area contributed by atoms with E-state index in [1.54, 1.807) is 22.7 Å². The Labute approximate surface area is 127 Å². The van der Waals surface area contributed by atoms with Crippen molar-refractivity contribution in [3.63, 3.8) is 0 Å². The van der Waals surface area contributed by atoms with Crippen molar-refractivity contribution in [3.05, 3.63) is 50.1 Å². The van der Waals surface area contributed by atoms with Gasteiger partial charge in [0, 0.05) is 15.8 Å². The van der Waals surface area contributed by atoms with Gasteiger partial charge in [0.15, 0.2) is 0 Å². The van der Waals surface area contributed by atoms with Gasteiger partial charge in [0.05, 0.1) is 21.3 Å². The van der Waals surface area contributed by atoms with E-state index >= 15 is 0 Å². The van der Waals surface area contributed by atoms with Crippen LogP contribution in [-0.4, -0.2) is 4.98 Å². The number of fused-ring (bicyclic) bond motifs is 1. The third-order valence-electron chi connectivity index (χ3n) is 2.88.